The summed E-state index contributed by atoms with van der Waals surface area (Å²) in [6.07, 6.45) is 1.78. The highest BCUT2D eigenvalue weighted by atomic mass is 35.5. The molecule has 5 nitrogen and oxygen atoms in total. The van der Waals surface area contributed by atoms with Gasteiger partial charge >= 0.3 is 0 Å². The summed E-state index contributed by atoms with van der Waals surface area (Å²) in [5, 5.41) is 0.477. The summed E-state index contributed by atoms with van der Waals surface area (Å²) < 4.78 is 27.3. The zero-order valence-corrected chi connectivity index (χ0v) is 16.3. The molecule has 0 spiro atoms. The predicted octanol–water partition coefficient (Wildman–Crippen LogP) is 2.97. The molecule has 1 saturated heterocycles. The molecule has 0 amide bonds. The summed E-state index contributed by atoms with van der Waals surface area (Å²) >= 11 is 6.07. The molecule has 0 atom stereocenters. The van der Waals surface area contributed by atoms with Gasteiger partial charge in [-0.25, -0.2) is 8.42 Å². The maximum absolute atomic E-state index is 12.9. The van der Waals surface area contributed by atoms with Crippen LogP contribution < -0.4 is 0 Å². The standard InChI is InChI=1S/C17H20ClN3O2S.ClH/c1-14-16(18)6-4-7-17(14)24(22,23)21-11-9-20(10-12-21)13-15-5-2-3-8-19-15;/h2-8H,9-13H2,1H3;1H. The normalized spacial score (nSPS) is 16.4. The quantitative estimate of drug-likeness (QED) is 0.789. The Labute approximate surface area is 160 Å². The Bertz CT molecular complexity index is 808. The van der Waals surface area contributed by atoms with E-state index in [0.29, 0.717) is 41.7 Å². The van der Waals surface area contributed by atoms with Crippen LogP contribution in [0.25, 0.3) is 0 Å². The SMILES string of the molecule is Cc1c(Cl)cccc1S(=O)(=O)N1CCN(Cc2ccccn2)CC1.Cl. The highest BCUT2D eigenvalue weighted by Crippen LogP contribution is 2.26. The summed E-state index contributed by atoms with van der Waals surface area (Å²) in [6, 6.07) is 10.8. The van der Waals surface area contributed by atoms with Crippen molar-refractivity contribution < 1.29 is 8.42 Å². The number of hydrogen-bond donors (Lipinski definition) is 0. The smallest absolute Gasteiger partial charge is 0.243 e. The van der Waals surface area contributed by atoms with Crippen molar-refractivity contribution in [2.24, 2.45) is 0 Å². The van der Waals surface area contributed by atoms with Crippen molar-refractivity contribution in [2.45, 2.75) is 18.4 Å². The molecule has 0 radical (unpaired) electrons. The molecule has 1 aliphatic heterocycles. The van der Waals surface area contributed by atoms with Gasteiger partial charge in [-0.15, -0.1) is 12.4 Å². The first-order valence-corrected chi connectivity index (χ1v) is 9.68. The van der Waals surface area contributed by atoms with Gasteiger partial charge in [-0.1, -0.05) is 23.7 Å². The van der Waals surface area contributed by atoms with Gasteiger partial charge in [0.05, 0.1) is 10.6 Å². The monoisotopic (exact) mass is 401 g/mol. The number of sulfonamides is 1. The van der Waals surface area contributed by atoms with Crippen LogP contribution in [0.5, 0.6) is 0 Å². The highest BCUT2D eigenvalue weighted by molar-refractivity contribution is 7.89. The minimum atomic E-state index is -3.50. The van der Waals surface area contributed by atoms with Gasteiger partial charge in [-0.05, 0) is 36.8 Å². The fourth-order valence-electron chi connectivity index (χ4n) is 2.85. The molecular weight excluding hydrogens is 381 g/mol. The minimum absolute atomic E-state index is 0. The Morgan fingerprint density at radius 2 is 1.80 bits per heavy atom. The van der Waals surface area contributed by atoms with Crippen LogP contribution in [0.1, 0.15) is 11.3 Å². The number of piperazine rings is 1. The predicted molar refractivity (Wildman–Crippen MR) is 102 cm³/mol. The first-order chi connectivity index (χ1) is 11.5. The molecule has 25 heavy (non-hydrogen) atoms. The van der Waals surface area contributed by atoms with Crippen LogP contribution in [0.4, 0.5) is 0 Å². The van der Waals surface area contributed by atoms with Crippen LogP contribution in [0.2, 0.25) is 5.02 Å². The van der Waals surface area contributed by atoms with E-state index >= 15 is 0 Å². The van der Waals surface area contributed by atoms with E-state index in [1.807, 2.05) is 18.2 Å². The van der Waals surface area contributed by atoms with E-state index in [0.717, 1.165) is 12.2 Å². The lowest BCUT2D eigenvalue weighted by Crippen LogP contribution is -2.48. The zero-order valence-electron chi connectivity index (χ0n) is 13.9. The number of nitrogens with zero attached hydrogens (tertiary/aromatic N) is 3. The van der Waals surface area contributed by atoms with Crippen LogP contribution in [-0.2, 0) is 16.6 Å². The lowest BCUT2D eigenvalue weighted by atomic mass is 10.2. The maximum atomic E-state index is 12.9. The Morgan fingerprint density at radius 3 is 2.44 bits per heavy atom. The Kier molecular flexibility index (Phi) is 6.82. The van der Waals surface area contributed by atoms with Crippen molar-refractivity contribution in [3.8, 4) is 0 Å². The summed E-state index contributed by atoms with van der Waals surface area (Å²) in [7, 11) is -3.50. The molecule has 3 rings (SSSR count). The number of halogens is 2. The van der Waals surface area contributed by atoms with Crippen molar-refractivity contribution in [1.82, 2.24) is 14.2 Å². The molecule has 1 fully saturated rings. The zero-order chi connectivity index (χ0) is 17.2. The van der Waals surface area contributed by atoms with Crippen molar-refractivity contribution >= 4 is 34.0 Å². The Morgan fingerprint density at radius 1 is 1.08 bits per heavy atom. The van der Waals surface area contributed by atoms with Gasteiger partial charge in [0.1, 0.15) is 0 Å². The molecule has 2 heterocycles. The number of rotatable bonds is 4. The summed E-state index contributed by atoms with van der Waals surface area (Å²) in [5.41, 5.74) is 1.61. The van der Waals surface area contributed by atoms with Crippen LogP contribution in [0, 0.1) is 6.92 Å². The number of hydrogen-bond acceptors (Lipinski definition) is 4. The topological polar surface area (TPSA) is 53.5 Å². The molecule has 0 saturated carbocycles. The molecule has 0 bridgehead atoms. The first kappa shape index (κ1) is 20.1. The van der Waals surface area contributed by atoms with Gasteiger partial charge in [0.25, 0.3) is 0 Å². The third kappa shape index (κ3) is 4.51. The fourth-order valence-corrected chi connectivity index (χ4v) is 4.76. The van der Waals surface area contributed by atoms with Gasteiger partial charge in [0.2, 0.25) is 10.0 Å². The molecular formula is C17H21Cl2N3O2S. The van der Waals surface area contributed by atoms with Crippen LogP contribution >= 0.6 is 24.0 Å². The molecule has 0 unspecified atom stereocenters. The second kappa shape index (κ2) is 8.47. The summed E-state index contributed by atoms with van der Waals surface area (Å²) in [6.45, 7) is 4.81. The first-order valence-electron chi connectivity index (χ1n) is 7.86. The fraction of sp³-hybridized carbons (Fsp3) is 0.353. The Balaban J connectivity index is 0.00000225. The van der Waals surface area contributed by atoms with Gasteiger partial charge in [-0.3, -0.25) is 9.88 Å². The molecule has 1 aromatic heterocycles. The van der Waals surface area contributed by atoms with E-state index in [9.17, 15) is 8.42 Å². The van der Waals surface area contributed by atoms with Crippen molar-refractivity contribution in [3.63, 3.8) is 0 Å². The Hall–Kier alpha value is -1.18. The molecule has 0 N–H and O–H groups in total. The average molecular weight is 402 g/mol. The third-order valence-electron chi connectivity index (χ3n) is 4.28. The molecule has 1 aromatic carbocycles. The summed E-state index contributed by atoms with van der Waals surface area (Å²) in [5.74, 6) is 0. The highest BCUT2D eigenvalue weighted by Gasteiger charge is 2.30. The molecule has 0 aliphatic carbocycles. The minimum Gasteiger partial charge on any atom is -0.295 e. The number of benzene rings is 1. The van der Waals surface area contributed by atoms with Gasteiger partial charge < -0.3 is 0 Å². The van der Waals surface area contributed by atoms with Gasteiger partial charge in [-0.2, -0.15) is 4.31 Å². The van der Waals surface area contributed by atoms with Crippen LogP contribution in [0.15, 0.2) is 47.5 Å². The van der Waals surface area contributed by atoms with Crippen LogP contribution in [0.3, 0.4) is 0 Å². The number of aromatic nitrogens is 1. The largest absolute Gasteiger partial charge is 0.295 e. The molecule has 8 heteroatoms. The van der Waals surface area contributed by atoms with Crippen molar-refractivity contribution in [1.29, 1.82) is 0 Å². The van der Waals surface area contributed by atoms with E-state index in [-0.39, 0.29) is 12.4 Å². The third-order valence-corrected chi connectivity index (χ3v) is 6.73. The van der Waals surface area contributed by atoms with E-state index in [1.54, 1.807) is 35.6 Å². The van der Waals surface area contributed by atoms with Gasteiger partial charge in [0, 0.05) is 43.9 Å². The second-order valence-corrected chi connectivity index (χ2v) is 8.18. The molecule has 2 aromatic rings. The van der Waals surface area contributed by atoms with E-state index in [4.69, 9.17) is 11.6 Å². The van der Waals surface area contributed by atoms with Gasteiger partial charge in [0.15, 0.2) is 0 Å². The second-order valence-electron chi connectivity index (χ2n) is 5.86. The van der Waals surface area contributed by atoms with Crippen LogP contribution in [-0.4, -0.2) is 48.8 Å². The maximum Gasteiger partial charge on any atom is 0.243 e. The molecule has 1 aliphatic rings. The lowest BCUT2D eigenvalue weighted by Gasteiger charge is -2.34. The number of pyridine rings is 1. The van der Waals surface area contributed by atoms with Crippen molar-refractivity contribution in [2.75, 3.05) is 26.2 Å². The summed E-state index contributed by atoms with van der Waals surface area (Å²) in [4.78, 5) is 6.84. The van der Waals surface area contributed by atoms with E-state index in [2.05, 4.69) is 9.88 Å². The van der Waals surface area contributed by atoms with Crippen molar-refractivity contribution in [3.05, 3.63) is 58.9 Å². The van der Waals surface area contributed by atoms with E-state index < -0.39 is 10.0 Å². The van der Waals surface area contributed by atoms with E-state index in [1.165, 1.54) is 0 Å². The average Bonchev–Trinajstić information content (AvgIpc) is 2.58. The molecule has 136 valence electrons. The lowest BCUT2D eigenvalue weighted by molar-refractivity contribution is 0.180.